The Labute approximate surface area is 103 Å². The van der Waals surface area contributed by atoms with Crippen molar-refractivity contribution in [1.82, 2.24) is 4.98 Å². The number of halogens is 3. The number of hydrogen-bond donors (Lipinski definition) is 2. The molecule has 0 amide bonds. The molecule has 0 saturated carbocycles. The summed E-state index contributed by atoms with van der Waals surface area (Å²) in [4.78, 5) is 5.81. The van der Waals surface area contributed by atoms with E-state index in [1.807, 2.05) is 0 Å². The largest absolute Gasteiger partial charge is 0.393 e. The molecule has 0 radical (unpaired) electrons. The lowest BCUT2D eigenvalue weighted by molar-refractivity contribution is -0.176. The third-order valence-electron chi connectivity index (χ3n) is 3.09. The van der Waals surface area contributed by atoms with Crippen molar-refractivity contribution >= 4 is 11.6 Å². The molecule has 1 unspecified atom stereocenters. The standard InChI is InChI=1S/C11H15F3N4/c12-11(13,14)8-3-2-6-18(7-8)10-5-1-4-9(16-10)17-15/h1,4-5,8H,2-3,6-7,15H2,(H,16,17). The topological polar surface area (TPSA) is 54.2 Å². The number of hydrogen-bond acceptors (Lipinski definition) is 4. The Bertz CT molecular complexity index is 408. The number of hydrazine groups is 1. The van der Waals surface area contributed by atoms with E-state index in [4.69, 9.17) is 5.84 Å². The zero-order chi connectivity index (χ0) is 13.2. The molecular formula is C11H15F3N4. The van der Waals surface area contributed by atoms with Gasteiger partial charge in [-0.05, 0) is 25.0 Å². The lowest BCUT2D eigenvalue weighted by atomic mass is 9.97. The molecule has 100 valence electrons. The Hall–Kier alpha value is -1.50. The molecule has 0 aromatic carbocycles. The number of aromatic nitrogens is 1. The first-order valence-corrected chi connectivity index (χ1v) is 5.76. The molecule has 2 heterocycles. The Morgan fingerprint density at radius 3 is 2.83 bits per heavy atom. The van der Waals surface area contributed by atoms with E-state index in [1.54, 1.807) is 23.1 Å². The summed E-state index contributed by atoms with van der Waals surface area (Å²) in [5.41, 5.74) is 2.39. The van der Waals surface area contributed by atoms with E-state index in [0.717, 1.165) is 0 Å². The zero-order valence-corrected chi connectivity index (χ0v) is 9.74. The van der Waals surface area contributed by atoms with Crippen molar-refractivity contribution in [2.24, 2.45) is 11.8 Å². The second-order valence-electron chi connectivity index (χ2n) is 4.35. The second kappa shape index (κ2) is 5.01. The summed E-state index contributed by atoms with van der Waals surface area (Å²) in [6.07, 6.45) is -3.43. The van der Waals surface area contributed by atoms with Gasteiger partial charge in [-0.15, -0.1) is 0 Å². The SMILES string of the molecule is NNc1cccc(N2CCCC(C(F)(F)F)C2)n1. The minimum absolute atomic E-state index is 0.0372. The van der Waals surface area contributed by atoms with Gasteiger partial charge in [-0.1, -0.05) is 6.07 Å². The molecule has 1 saturated heterocycles. The van der Waals surface area contributed by atoms with E-state index in [9.17, 15) is 13.2 Å². The average molecular weight is 260 g/mol. The molecule has 18 heavy (non-hydrogen) atoms. The fourth-order valence-electron chi connectivity index (χ4n) is 2.13. The maximum Gasteiger partial charge on any atom is 0.393 e. The fraction of sp³-hybridized carbons (Fsp3) is 0.545. The van der Waals surface area contributed by atoms with Crippen LogP contribution >= 0.6 is 0 Å². The van der Waals surface area contributed by atoms with Crippen LogP contribution in [0.15, 0.2) is 18.2 Å². The maximum absolute atomic E-state index is 12.7. The average Bonchev–Trinajstić information content (AvgIpc) is 2.38. The Morgan fingerprint density at radius 2 is 2.17 bits per heavy atom. The van der Waals surface area contributed by atoms with Crippen LogP contribution in [0.4, 0.5) is 24.8 Å². The summed E-state index contributed by atoms with van der Waals surface area (Å²) >= 11 is 0. The predicted molar refractivity (Wildman–Crippen MR) is 63.0 cm³/mol. The van der Waals surface area contributed by atoms with Gasteiger partial charge in [0.2, 0.25) is 0 Å². The Kier molecular flexibility index (Phi) is 3.60. The lowest BCUT2D eigenvalue weighted by Gasteiger charge is -2.34. The molecule has 0 spiro atoms. The summed E-state index contributed by atoms with van der Waals surface area (Å²) < 4.78 is 38.1. The summed E-state index contributed by atoms with van der Waals surface area (Å²) in [5, 5.41) is 0. The van der Waals surface area contributed by atoms with Crippen LogP contribution in [0.5, 0.6) is 0 Å². The van der Waals surface area contributed by atoms with Gasteiger partial charge in [-0.3, -0.25) is 0 Å². The number of alkyl halides is 3. The smallest absolute Gasteiger partial charge is 0.356 e. The minimum atomic E-state index is -4.14. The Morgan fingerprint density at radius 1 is 1.39 bits per heavy atom. The maximum atomic E-state index is 12.7. The van der Waals surface area contributed by atoms with Crippen molar-refractivity contribution in [3.63, 3.8) is 0 Å². The van der Waals surface area contributed by atoms with Crippen LogP contribution in [0.2, 0.25) is 0 Å². The van der Waals surface area contributed by atoms with Gasteiger partial charge >= 0.3 is 6.18 Å². The van der Waals surface area contributed by atoms with Crippen LogP contribution in [0.25, 0.3) is 0 Å². The molecule has 3 N–H and O–H groups in total. The number of nitrogens with two attached hydrogens (primary N) is 1. The van der Waals surface area contributed by atoms with Crippen LogP contribution in [0, 0.1) is 5.92 Å². The monoisotopic (exact) mass is 260 g/mol. The zero-order valence-electron chi connectivity index (χ0n) is 9.74. The highest BCUT2D eigenvalue weighted by atomic mass is 19.4. The van der Waals surface area contributed by atoms with Crippen molar-refractivity contribution in [1.29, 1.82) is 0 Å². The third-order valence-corrected chi connectivity index (χ3v) is 3.09. The van der Waals surface area contributed by atoms with Crippen LogP contribution in [0.3, 0.4) is 0 Å². The first-order valence-electron chi connectivity index (χ1n) is 5.76. The molecule has 1 aromatic rings. The van der Waals surface area contributed by atoms with E-state index in [1.165, 1.54) is 0 Å². The molecule has 1 atom stereocenters. The summed E-state index contributed by atoms with van der Waals surface area (Å²) in [5.74, 6) is 4.93. The van der Waals surface area contributed by atoms with E-state index in [-0.39, 0.29) is 13.0 Å². The number of pyridine rings is 1. The number of anilines is 2. The van der Waals surface area contributed by atoms with E-state index in [2.05, 4.69) is 10.4 Å². The van der Waals surface area contributed by atoms with Crippen molar-refractivity contribution in [2.45, 2.75) is 19.0 Å². The van der Waals surface area contributed by atoms with Crippen molar-refractivity contribution < 1.29 is 13.2 Å². The summed E-state index contributed by atoms with van der Waals surface area (Å²) in [7, 11) is 0. The fourth-order valence-corrected chi connectivity index (χ4v) is 2.13. The predicted octanol–water partition coefficient (Wildman–Crippen LogP) is 2.15. The molecular weight excluding hydrogens is 245 g/mol. The molecule has 4 nitrogen and oxygen atoms in total. The van der Waals surface area contributed by atoms with E-state index < -0.39 is 12.1 Å². The van der Waals surface area contributed by atoms with Gasteiger partial charge in [0, 0.05) is 13.1 Å². The van der Waals surface area contributed by atoms with Gasteiger partial charge in [0.25, 0.3) is 0 Å². The summed E-state index contributed by atoms with van der Waals surface area (Å²) in [6.45, 7) is 0.554. The number of nitrogen functional groups attached to an aromatic ring is 1. The second-order valence-corrected chi connectivity index (χ2v) is 4.35. The lowest BCUT2D eigenvalue weighted by Crippen LogP contribution is -2.42. The number of rotatable bonds is 2. The molecule has 1 aliphatic rings. The normalized spacial score (nSPS) is 20.9. The van der Waals surface area contributed by atoms with Crippen LogP contribution < -0.4 is 16.2 Å². The van der Waals surface area contributed by atoms with Gasteiger partial charge in [0.1, 0.15) is 11.6 Å². The van der Waals surface area contributed by atoms with Crippen LogP contribution in [-0.2, 0) is 0 Å². The third kappa shape index (κ3) is 2.84. The molecule has 1 aromatic heterocycles. The van der Waals surface area contributed by atoms with Crippen LogP contribution in [-0.4, -0.2) is 24.2 Å². The molecule has 1 fully saturated rings. The number of nitrogens with zero attached hydrogens (tertiary/aromatic N) is 2. The van der Waals surface area contributed by atoms with E-state index in [0.29, 0.717) is 24.6 Å². The molecule has 0 bridgehead atoms. The van der Waals surface area contributed by atoms with Crippen molar-refractivity contribution in [3.8, 4) is 0 Å². The van der Waals surface area contributed by atoms with Crippen molar-refractivity contribution in [3.05, 3.63) is 18.2 Å². The summed E-state index contributed by atoms with van der Waals surface area (Å²) in [6, 6.07) is 5.07. The van der Waals surface area contributed by atoms with Gasteiger partial charge in [0.15, 0.2) is 0 Å². The number of piperidine rings is 1. The minimum Gasteiger partial charge on any atom is -0.356 e. The molecule has 0 aliphatic carbocycles. The van der Waals surface area contributed by atoms with Gasteiger partial charge in [-0.2, -0.15) is 13.2 Å². The molecule has 7 heteroatoms. The number of nitrogens with one attached hydrogen (secondary N) is 1. The highest BCUT2D eigenvalue weighted by Gasteiger charge is 2.42. The molecule has 1 aliphatic heterocycles. The highest BCUT2D eigenvalue weighted by Crippen LogP contribution is 2.34. The van der Waals surface area contributed by atoms with Gasteiger partial charge < -0.3 is 10.3 Å². The first kappa shape index (κ1) is 12.9. The Balaban J connectivity index is 2.13. The van der Waals surface area contributed by atoms with E-state index >= 15 is 0 Å². The van der Waals surface area contributed by atoms with Gasteiger partial charge in [0.05, 0.1) is 5.92 Å². The first-order chi connectivity index (χ1) is 8.50. The highest BCUT2D eigenvalue weighted by molar-refractivity contribution is 5.46. The van der Waals surface area contributed by atoms with Crippen LogP contribution in [0.1, 0.15) is 12.8 Å². The van der Waals surface area contributed by atoms with Gasteiger partial charge in [-0.25, -0.2) is 10.8 Å². The molecule has 2 rings (SSSR count). The van der Waals surface area contributed by atoms with Crippen molar-refractivity contribution in [2.75, 3.05) is 23.4 Å². The quantitative estimate of drug-likeness (QED) is 0.632.